The number of aromatic amines is 1. The monoisotopic (exact) mass is 240 g/mol. The van der Waals surface area contributed by atoms with E-state index in [4.69, 9.17) is 0 Å². The number of hydrogen-bond donors (Lipinski definition) is 2. The number of nitrogens with zero attached hydrogens (tertiary/aromatic N) is 2. The second-order valence-electron chi connectivity index (χ2n) is 5.24. The molecule has 4 nitrogen and oxygen atoms in total. The van der Waals surface area contributed by atoms with E-state index in [2.05, 4.69) is 44.8 Å². The van der Waals surface area contributed by atoms with Crippen molar-refractivity contribution in [2.45, 2.75) is 31.2 Å². The van der Waals surface area contributed by atoms with Gasteiger partial charge in [-0.15, -0.1) is 0 Å². The molecule has 4 rings (SSSR count). The normalized spacial score (nSPS) is 22.8. The Morgan fingerprint density at radius 1 is 1.17 bits per heavy atom. The molecule has 1 saturated carbocycles. The summed E-state index contributed by atoms with van der Waals surface area (Å²) >= 11 is 0. The minimum Gasteiger partial charge on any atom is -0.312 e. The molecule has 2 heterocycles. The number of hydrogen-bond acceptors (Lipinski definition) is 3. The molecule has 1 aliphatic carbocycles. The second kappa shape index (κ2) is 3.92. The molecule has 0 saturated heterocycles. The molecular formula is C14H16N4. The van der Waals surface area contributed by atoms with Crippen LogP contribution in [0.1, 0.15) is 47.5 Å². The third kappa shape index (κ3) is 1.64. The fraction of sp³-hybridized carbons (Fsp3) is 0.429. The molecule has 2 aliphatic rings. The van der Waals surface area contributed by atoms with Crippen LogP contribution in [0.4, 0.5) is 0 Å². The smallest absolute Gasteiger partial charge is 0.153 e. The van der Waals surface area contributed by atoms with Crippen LogP contribution >= 0.6 is 0 Å². The lowest BCUT2D eigenvalue weighted by molar-refractivity contribution is 0.573. The van der Waals surface area contributed by atoms with Gasteiger partial charge in [-0.1, -0.05) is 24.3 Å². The van der Waals surface area contributed by atoms with Crippen molar-refractivity contribution in [1.82, 2.24) is 20.5 Å². The number of aromatic nitrogens is 3. The Balaban J connectivity index is 1.71. The predicted molar refractivity (Wildman–Crippen MR) is 68.3 cm³/mol. The first-order valence-electron chi connectivity index (χ1n) is 6.62. The molecule has 2 aromatic rings. The minimum atomic E-state index is 0.315. The van der Waals surface area contributed by atoms with Crippen molar-refractivity contribution >= 4 is 0 Å². The molecule has 1 aliphatic heterocycles. The highest BCUT2D eigenvalue weighted by Gasteiger charge is 2.30. The molecule has 1 aromatic heterocycles. The van der Waals surface area contributed by atoms with Gasteiger partial charge in [0.2, 0.25) is 0 Å². The van der Waals surface area contributed by atoms with Crippen molar-refractivity contribution in [3.8, 4) is 0 Å². The average Bonchev–Trinajstić information content (AvgIpc) is 3.16. The standard InChI is InChI=1S/C14H16N4/c1-2-4-11-10(3-1)7-15-8-12(11)14-16-13(17-18-14)9-5-6-9/h1-4,9,12,15H,5-8H2,(H,16,17,18). The van der Waals surface area contributed by atoms with Gasteiger partial charge in [0.25, 0.3) is 0 Å². The summed E-state index contributed by atoms with van der Waals surface area (Å²) < 4.78 is 0. The predicted octanol–water partition coefficient (Wildman–Crippen LogP) is 1.92. The molecule has 2 N–H and O–H groups in total. The Morgan fingerprint density at radius 2 is 2.06 bits per heavy atom. The Kier molecular flexibility index (Phi) is 2.23. The van der Waals surface area contributed by atoms with Gasteiger partial charge in [0, 0.05) is 19.0 Å². The summed E-state index contributed by atoms with van der Waals surface area (Å²) in [7, 11) is 0. The second-order valence-corrected chi connectivity index (χ2v) is 5.24. The molecule has 1 aromatic carbocycles. The number of nitrogens with one attached hydrogen (secondary N) is 2. The van der Waals surface area contributed by atoms with Gasteiger partial charge in [0.05, 0.1) is 5.92 Å². The lowest BCUT2D eigenvalue weighted by Gasteiger charge is -2.24. The molecule has 4 heteroatoms. The van der Waals surface area contributed by atoms with E-state index in [1.54, 1.807) is 0 Å². The zero-order valence-corrected chi connectivity index (χ0v) is 10.2. The van der Waals surface area contributed by atoms with Gasteiger partial charge in [-0.2, -0.15) is 5.10 Å². The van der Waals surface area contributed by atoms with Crippen LogP contribution in [-0.2, 0) is 6.54 Å². The molecule has 18 heavy (non-hydrogen) atoms. The van der Waals surface area contributed by atoms with Gasteiger partial charge in [0.1, 0.15) is 5.82 Å². The molecule has 0 amide bonds. The third-order valence-corrected chi connectivity index (χ3v) is 3.89. The fourth-order valence-corrected chi connectivity index (χ4v) is 2.71. The Morgan fingerprint density at radius 3 is 2.94 bits per heavy atom. The van der Waals surface area contributed by atoms with E-state index in [1.165, 1.54) is 24.0 Å². The average molecular weight is 240 g/mol. The van der Waals surface area contributed by atoms with Crippen LogP contribution in [0.25, 0.3) is 0 Å². The zero-order valence-electron chi connectivity index (χ0n) is 10.2. The van der Waals surface area contributed by atoms with E-state index in [9.17, 15) is 0 Å². The fourth-order valence-electron chi connectivity index (χ4n) is 2.71. The van der Waals surface area contributed by atoms with Crippen molar-refractivity contribution in [1.29, 1.82) is 0 Å². The van der Waals surface area contributed by atoms with Gasteiger partial charge in [-0.3, -0.25) is 5.10 Å². The SMILES string of the molecule is c1ccc2c(c1)CNCC2c1nc(C2CC2)n[nH]1. The molecule has 1 fully saturated rings. The topological polar surface area (TPSA) is 53.6 Å². The minimum absolute atomic E-state index is 0.315. The highest BCUT2D eigenvalue weighted by Crippen LogP contribution is 2.38. The van der Waals surface area contributed by atoms with Crippen molar-refractivity contribution in [2.24, 2.45) is 0 Å². The summed E-state index contributed by atoms with van der Waals surface area (Å²) in [5, 5.41) is 11.0. The molecule has 0 radical (unpaired) electrons. The molecule has 92 valence electrons. The van der Waals surface area contributed by atoms with Gasteiger partial charge in [-0.05, 0) is 24.0 Å². The highest BCUT2D eigenvalue weighted by atomic mass is 15.2. The van der Waals surface area contributed by atoms with Crippen molar-refractivity contribution < 1.29 is 0 Å². The molecular weight excluding hydrogens is 224 g/mol. The molecule has 1 atom stereocenters. The Hall–Kier alpha value is -1.68. The molecule has 0 bridgehead atoms. The lowest BCUT2D eigenvalue weighted by Crippen LogP contribution is -2.29. The van der Waals surface area contributed by atoms with E-state index in [0.29, 0.717) is 11.8 Å². The van der Waals surface area contributed by atoms with Gasteiger partial charge < -0.3 is 5.32 Å². The van der Waals surface area contributed by atoms with E-state index >= 15 is 0 Å². The van der Waals surface area contributed by atoms with Crippen molar-refractivity contribution in [2.75, 3.05) is 6.54 Å². The van der Waals surface area contributed by atoms with Crippen LogP contribution < -0.4 is 5.32 Å². The van der Waals surface area contributed by atoms with Crippen molar-refractivity contribution in [3.05, 3.63) is 47.0 Å². The first-order valence-corrected chi connectivity index (χ1v) is 6.62. The van der Waals surface area contributed by atoms with Crippen LogP contribution in [0.2, 0.25) is 0 Å². The number of fused-ring (bicyclic) bond motifs is 1. The van der Waals surface area contributed by atoms with Gasteiger partial charge in [0.15, 0.2) is 5.82 Å². The Labute approximate surface area is 106 Å². The maximum Gasteiger partial charge on any atom is 0.153 e. The van der Waals surface area contributed by atoms with Crippen LogP contribution in [0.3, 0.4) is 0 Å². The number of benzene rings is 1. The summed E-state index contributed by atoms with van der Waals surface area (Å²) in [6, 6.07) is 8.60. The molecule has 1 unspecified atom stereocenters. The summed E-state index contributed by atoms with van der Waals surface area (Å²) in [5.41, 5.74) is 2.76. The summed E-state index contributed by atoms with van der Waals surface area (Å²) in [6.07, 6.45) is 2.49. The van der Waals surface area contributed by atoms with E-state index < -0.39 is 0 Å². The van der Waals surface area contributed by atoms with E-state index in [0.717, 1.165) is 24.7 Å². The Bertz CT molecular complexity index is 571. The third-order valence-electron chi connectivity index (χ3n) is 3.89. The van der Waals surface area contributed by atoms with E-state index in [-0.39, 0.29) is 0 Å². The first kappa shape index (κ1) is 10.3. The first-order chi connectivity index (χ1) is 8.92. The van der Waals surface area contributed by atoms with Crippen LogP contribution in [0.15, 0.2) is 24.3 Å². The van der Waals surface area contributed by atoms with Crippen LogP contribution in [0.5, 0.6) is 0 Å². The highest BCUT2D eigenvalue weighted by molar-refractivity contribution is 5.36. The van der Waals surface area contributed by atoms with Crippen molar-refractivity contribution in [3.63, 3.8) is 0 Å². The van der Waals surface area contributed by atoms with Crippen LogP contribution in [0, 0.1) is 0 Å². The maximum atomic E-state index is 4.69. The quantitative estimate of drug-likeness (QED) is 0.843. The number of rotatable bonds is 2. The summed E-state index contributed by atoms with van der Waals surface area (Å²) in [4.78, 5) is 4.69. The lowest BCUT2D eigenvalue weighted by atomic mass is 9.90. The number of H-pyrrole nitrogens is 1. The largest absolute Gasteiger partial charge is 0.312 e. The summed E-state index contributed by atoms with van der Waals surface area (Å²) in [5.74, 6) is 2.95. The van der Waals surface area contributed by atoms with E-state index in [1.807, 2.05) is 0 Å². The van der Waals surface area contributed by atoms with Crippen LogP contribution in [-0.4, -0.2) is 21.7 Å². The summed E-state index contributed by atoms with van der Waals surface area (Å²) in [6.45, 7) is 1.90. The zero-order chi connectivity index (χ0) is 11.9. The molecule has 0 spiro atoms. The maximum absolute atomic E-state index is 4.69. The van der Waals surface area contributed by atoms with Gasteiger partial charge in [-0.25, -0.2) is 4.98 Å². The van der Waals surface area contributed by atoms with Gasteiger partial charge >= 0.3 is 0 Å².